The van der Waals surface area contributed by atoms with Gasteiger partial charge in [0.2, 0.25) is 0 Å². The largest absolute Gasteiger partial charge is 0.307 e. The third-order valence-electron chi connectivity index (χ3n) is 10.3. The van der Waals surface area contributed by atoms with Crippen molar-refractivity contribution in [3.63, 3.8) is 0 Å². The van der Waals surface area contributed by atoms with Gasteiger partial charge in [-0.3, -0.25) is 0 Å². The summed E-state index contributed by atoms with van der Waals surface area (Å²) in [5.41, 5.74) is 12.7. The molecule has 8 rings (SSSR count). The first-order valence-electron chi connectivity index (χ1n) is 16.7. The Bertz CT molecular complexity index is 2260. The molecule has 0 N–H and O–H groups in total. The van der Waals surface area contributed by atoms with Gasteiger partial charge in [-0.2, -0.15) is 0 Å². The molecule has 0 saturated heterocycles. The van der Waals surface area contributed by atoms with Crippen LogP contribution in [0.25, 0.3) is 59.9 Å². The molecule has 44 heavy (non-hydrogen) atoms. The zero-order chi connectivity index (χ0) is 30.7. The van der Waals surface area contributed by atoms with Crippen LogP contribution >= 0.6 is 0 Å². The maximum atomic E-state index is 4.99. The smallest absolute Gasteiger partial charge is 0.287 e. The van der Waals surface area contributed by atoms with Crippen molar-refractivity contribution in [3.8, 4) is 0 Å². The number of aromatic nitrogens is 3. The van der Waals surface area contributed by atoms with Crippen molar-refractivity contribution in [1.82, 2.24) is 9.38 Å². The molecule has 3 heteroatoms. The zero-order valence-corrected chi connectivity index (χ0v) is 27.9. The molecule has 0 unspecified atom stereocenters. The molecule has 3 aromatic heterocycles. The van der Waals surface area contributed by atoms with Crippen LogP contribution < -0.4 is 4.57 Å². The average Bonchev–Trinajstić information content (AvgIpc) is 3.61. The number of aryl methyl sites for hydroxylation is 2. The molecule has 4 aromatic carbocycles. The lowest BCUT2D eigenvalue weighted by molar-refractivity contribution is -0.646. The summed E-state index contributed by atoms with van der Waals surface area (Å²) < 4.78 is 4.96. The van der Waals surface area contributed by atoms with Gasteiger partial charge in [0, 0.05) is 10.8 Å². The maximum Gasteiger partial charge on any atom is 0.287 e. The van der Waals surface area contributed by atoms with Crippen LogP contribution in [0, 0.1) is 17.8 Å². The lowest BCUT2D eigenvalue weighted by Crippen LogP contribution is -2.30. The van der Waals surface area contributed by atoms with Crippen LogP contribution in [0.15, 0.2) is 54.9 Å². The topological polar surface area (TPSA) is 21.2 Å². The van der Waals surface area contributed by atoms with E-state index in [0.717, 1.165) is 18.4 Å². The predicted octanol–water partition coefficient (Wildman–Crippen LogP) is 10.5. The van der Waals surface area contributed by atoms with Crippen molar-refractivity contribution in [2.45, 2.75) is 92.9 Å². The summed E-state index contributed by atoms with van der Waals surface area (Å²) in [6.45, 7) is 16.6. The van der Waals surface area contributed by atoms with Crippen molar-refractivity contribution in [2.75, 3.05) is 0 Å². The van der Waals surface area contributed by atoms with Gasteiger partial charge in [-0.25, -0.2) is 4.57 Å². The molecule has 0 amide bonds. The molecule has 0 bridgehead atoms. The normalized spacial score (nSPS) is 15.5. The highest BCUT2D eigenvalue weighted by atomic mass is 15.0. The molecular formula is C41H46N3+. The van der Waals surface area contributed by atoms with E-state index in [1.54, 1.807) is 5.56 Å². The number of nitrogens with zero attached hydrogens (tertiary/aromatic N) is 3. The van der Waals surface area contributed by atoms with E-state index >= 15 is 0 Å². The molecule has 0 aliphatic heterocycles. The van der Waals surface area contributed by atoms with E-state index in [-0.39, 0.29) is 10.8 Å². The number of hydrogen-bond acceptors (Lipinski definition) is 1. The number of rotatable bonds is 3. The van der Waals surface area contributed by atoms with E-state index in [9.17, 15) is 0 Å². The van der Waals surface area contributed by atoms with Crippen molar-refractivity contribution < 1.29 is 4.57 Å². The van der Waals surface area contributed by atoms with Crippen LogP contribution in [-0.4, -0.2) is 9.38 Å². The summed E-state index contributed by atoms with van der Waals surface area (Å²) in [4.78, 5) is 4.99. The fourth-order valence-corrected chi connectivity index (χ4v) is 8.73. The van der Waals surface area contributed by atoms with Gasteiger partial charge in [0.1, 0.15) is 5.52 Å². The molecule has 3 heterocycles. The van der Waals surface area contributed by atoms with Gasteiger partial charge >= 0.3 is 0 Å². The minimum atomic E-state index is 0.129. The van der Waals surface area contributed by atoms with E-state index < -0.39 is 0 Å². The van der Waals surface area contributed by atoms with Gasteiger partial charge in [-0.15, -0.1) is 0 Å². The molecule has 224 valence electrons. The Morgan fingerprint density at radius 1 is 0.795 bits per heavy atom. The zero-order valence-electron chi connectivity index (χ0n) is 27.9. The first kappa shape index (κ1) is 27.8. The minimum Gasteiger partial charge on any atom is -0.307 e. The van der Waals surface area contributed by atoms with Crippen molar-refractivity contribution in [3.05, 3.63) is 77.1 Å². The Hall–Kier alpha value is -3.72. The van der Waals surface area contributed by atoms with Crippen LogP contribution in [0.5, 0.6) is 0 Å². The molecule has 1 fully saturated rings. The maximum absolute atomic E-state index is 4.99. The summed E-state index contributed by atoms with van der Waals surface area (Å²) in [7, 11) is 2.19. The summed E-state index contributed by atoms with van der Waals surface area (Å²) in [6, 6.07) is 19.1. The second kappa shape index (κ2) is 9.39. The Kier molecular flexibility index (Phi) is 5.94. The SMILES string of the molecule is Cc1c2cc(CC(C)(C)C)ccc2c(CC(C)(C)C)c2c1c1c3c(ccc4c5c(C6CCCC6)cccc5n2c43)nc[n+]1C. The highest BCUT2D eigenvalue weighted by Gasteiger charge is 2.30. The van der Waals surface area contributed by atoms with Crippen molar-refractivity contribution >= 4 is 59.9 Å². The number of pyridine rings is 1. The lowest BCUT2D eigenvalue weighted by Gasteiger charge is -2.25. The van der Waals surface area contributed by atoms with Gasteiger partial charge in [0.05, 0.1) is 34.4 Å². The summed E-state index contributed by atoms with van der Waals surface area (Å²) in [5, 5.41) is 8.32. The lowest BCUT2D eigenvalue weighted by atomic mass is 9.82. The summed E-state index contributed by atoms with van der Waals surface area (Å²) in [6.07, 6.45) is 9.38. The fraction of sp³-hybridized carbons (Fsp3) is 0.415. The van der Waals surface area contributed by atoms with E-state index in [0.29, 0.717) is 5.92 Å². The van der Waals surface area contributed by atoms with E-state index in [1.165, 1.54) is 96.8 Å². The van der Waals surface area contributed by atoms with Gasteiger partial charge in [-0.1, -0.05) is 84.7 Å². The second-order valence-electron chi connectivity index (χ2n) is 16.3. The molecule has 7 aromatic rings. The van der Waals surface area contributed by atoms with Crippen molar-refractivity contribution in [2.24, 2.45) is 17.9 Å². The van der Waals surface area contributed by atoms with Gasteiger partial charge < -0.3 is 4.40 Å². The molecule has 1 aliphatic carbocycles. The molecular weight excluding hydrogens is 534 g/mol. The first-order valence-corrected chi connectivity index (χ1v) is 16.7. The highest BCUT2D eigenvalue weighted by molar-refractivity contribution is 6.28. The molecule has 0 spiro atoms. The molecule has 1 aliphatic rings. The Balaban J connectivity index is 1.66. The third kappa shape index (κ3) is 4.07. The standard InChI is InChI=1S/C41H46N3/c1-24-30-20-25(21-40(2,3)4)16-17-28(30)31(22-41(5,6)7)38-34(24)39-36-32(42-23-43(39)8)19-18-29-35-27(26-12-9-10-13-26)14-11-15-33(35)44(38)37(29)36/h11,14-20,23,26H,9-10,12-13,21-22H2,1-8H3/q+1. The van der Waals surface area contributed by atoms with Crippen LogP contribution in [0.3, 0.4) is 0 Å². The number of benzene rings is 4. The predicted molar refractivity (Wildman–Crippen MR) is 187 cm³/mol. The number of fused-ring (bicyclic) bond motifs is 7. The van der Waals surface area contributed by atoms with E-state index in [1.807, 2.05) is 6.33 Å². The van der Waals surface area contributed by atoms with Crippen LogP contribution in [-0.2, 0) is 19.9 Å². The second-order valence-corrected chi connectivity index (χ2v) is 16.3. The van der Waals surface area contributed by atoms with Gasteiger partial charge in [0.25, 0.3) is 6.33 Å². The summed E-state index contributed by atoms with van der Waals surface area (Å²) >= 11 is 0. The average molecular weight is 581 g/mol. The van der Waals surface area contributed by atoms with Crippen molar-refractivity contribution in [1.29, 1.82) is 0 Å². The third-order valence-corrected chi connectivity index (χ3v) is 10.3. The van der Waals surface area contributed by atoms with Crippen LogP contribution in [0.2, 0.25) is 0 Å². The molecule has 1 saturated carbocycles. The highest BCUT2D eigenvalue weighted by Crippen LogP contribution is 2.47. The Labute approximate surface area is 261 Å². The van der Waals surface area contributed by atoms with Crippen LogP contribution in [0.1, 0.15) is 95.4 Å². The fourth-order valence-electron chi connectivity index (χ4n) is 8.73. The molecule has 0 radical (unpaired) electrons. The minimum absolute atomic E-state index is 0.129. The number of hydrogen-bond donors (Lipinski definition) is 0. The van der Waals surface area contributed by atoms with Crippen LogP contribution in [0.4, 0.5) is 0 Å². The molecule has 0 atom stereocenters. The van der Waals surface area contributed by atoms with E-state index in [4.69, 9.17) is 4.98 Å². The van der Waals surface area contributed by atoms with Gasteiger partial charge in [0.15, 0.2) is 5.52 Å². The van der Waals surface area contributed by atoms with E-state index in [2.05, 4.69) is 113 Å². The Morgan fingerprint density at radius 2 is 1.52 bits per heavy atom. The van der Waals surface area contributed by atoms with Gasteiger partial charge in [-0.05, 0) is 106 Å². The quantitative estimate of drug-likeness (QED) is 0.116. The summed E-state index contributed by atoms with van der Waals surface area (Å²) in [5.74, 6) is 0.645. The Morgan fingerprint density at radius 3 is 2.25 bits per heavy atom. The monoisotopic (exact) mass is 580 g/mol. The first-order chi connectivity index (χ1) is 20.9. The molecule has 3 nitrogen and oxygen atoms in total.